The lowest BCUT2D eigenvalue weighted by Gasteiger charge is -2.19. The van der Waals surface area contributed by atoms with Gasteiger partial charge in [-0.15, -0.1) is 0 Å². The molecule has 12 heavy (non-hydrogen) atoms. The van der Waals surface area contributed by atoms with Gasteiger partial charge in [0, 0.05) is 19.2 Å². The molecule has 1 aliphatic heterocycles. The van der Waals surface area contributed by atoms with Gasteiger partial charge in [0.2, 0.25) is 5.88 Å². The number of rotatable bonds is 1. The van der Waals surface area contributed by atoms with E-state index in [-0.39, 0.29) is 0 Å². The molecular weight excluding hydrogens is 154 g/mol. The van der Waals surface area contributed by atoms with Gasteiger partial charge in [0.15, 0.2) is 0 Å². The number of pyridine rings is 1. The summed E-state index contributed by atoms with van der Waals surface area (Å²) in [6.07, 6.45) is 1.78. The van der Waals surface area contributed by atoms with Crippen molar-refractivity contribution in [2.75, 3.05) is 30.8 Å². The molecule has 0 radical (unpaired) electrons. The first-order chi connectivity index (χ1) is 5.90. The quantitative estimate of drug-likeness (QED) is 0.649. The van der Waals surface area contributed by atoms with Crippen molar-refractivity contribution in [2.45, 2.75) is 0 Å². The maximum absolute atomic E-state index is 5.00. The molecule has 2 N–H and O–H groups in total. The molecule has 0 bridgehead atoms. The fraction of sp³-hybridized carbons (Fsp3) is 0.375. The average Bonchev–Trinajstić information content (AvgIpc) is 2.17. The molecule has 4 nitrogen and oxygen atoms in total. The lowest BCUT2D eigenvalue weighted by molar-refractivity contribution is 0.398. The van der Waals surface area contributed by atoms with Crippen LogP contribution in [0.2, 0.25) is 0 Å². The topological polar surface area (TPSA) is 46.2 Å². The molecular formula is C8H11N3O. The van der Waals surface area contributed by atoms with E-state index in [1.807, 2.05) is 6.07 Å². The van der Waals surface area contributed by atoms with Crippen molar-refractivity contribution in [3.8, 4) is 5.88 Å². The van der Waals surface area contributed by atoms with E-state index in [0.29, 0.717) is 5.88 Å². The summed E-state index contributed by atoms with van der Waals surface area (Å²) in [5.41, 5.74) is 2.11. The van der Waals surface area contributed by atoms with E-state index >= 15 is 0 Å². The molecule has 1 aromatic rings. The highest BCUT2D eigenvalue weighted by atomic mass is 16.5. The molecule has 4 heteroatoms. The molecule has 1 aromatic heterocycles. The number of aromatic nitrogens is 1. The Hall–Kier alpha value is -1.45. The first-order valence-electron chi connectivity index (χ1n) is 3.92. The summed E-state index contributed by atoms with van der Waals surface area (Å²) in [5.74, 6) is 0.643. The third-order valence-corrected chi connectivity index (χ3v) is 1.84. The van der Waals surface area contributed by atoms with Crippen LogP contribution < -0.4 is 15.4 Å². The van der Waals surface area contributed by atoms with E-state index in [4.69, 9.17) is 4.74 Å². The van der Waals surface area contributed by atoms with Crippen LogP contribution in [-0.2, 0) is 0 Å². The summed E-state index contributed by atoms with van der Waals surface area (Å²) in [6, 6.07) is 1.89. The minimum atomic E-state index is 0.643. The molecule has 0 spiro atoms. The van der Waals surface area contributed by atoms with Crippen molar-refractivity contribution >= 4 is 11.4 Å². The minimum Gasteiger partial charge on any atom is -0.481 e. The molecule has 1 aliphatic rings. The zero-order valence-electron chi connectivity index (χ0n) is 6.92. The molecule has 0 amide bonds. The highest BCUT2D eigenvalue weighted by Crippen LogP contribution is 2.25. The van der Waals surface area contributed by atoms with Crippen LogP contribution in [-0.4, -0.2) is 25.2 Å². The Morgan fingerprint density at radius 1 is 1.33 bits per heavy atom. The molecule has 64 valence electrons. The summed E-state index contributed by atoms with van der Waals surface area (Å²) in [7, 11) is 1.62. The Kier molecular flexibility index (Phi) is 1.74. The number of anilines is 2. The van der Waals surface area contributed by atoms with E-state index in [9.17, 15) is 0 Å². The van der Waals surface area contributed by atoms with Crippen LogP contribution in [0.1, 0.15) is 0 Å². The van der Waals surface area contributed by atoms with Crippen molar-refractivity contribution in [3.05, 3.63) is 12.3 Å². The van der Waals surface area contributed by atoms with Gasteiger partial charge < -0.3 is 15.4 Å². The molecule has 0 saturated heterocycles. The Labute approximate surface area is 71.0 Å². The Bertz CT molecular complexity index is 288. The van der Waals surface area contributed by atoms with E-state index < -0.39 is 0 Å². The molecule has 0 fully saturated rings. The first kappa shape index (κ1) is 7.21. The average molecular weight is 165 g/mol. The number of nitrogens with zero attached hydrogens (tertiary/aromatic N) is 1. The lowest BCUT2D eigenvalue weighted by Crippen LogP contribution is -2.20. The van der Waals surface area contributed by atoms with E-state index in [1.165, 1.54) is 0 Å². The maximum Gasteiger partial charge on any atom is 0.215 e. The van der Waals surface area contributed by atoms with Gasteiger partial charge in [-0.25, -0.2) is 4.98 Å². The van der Waals surface area contributed by atoms with Crippen molar-refractivity contribution in [1.29, 1.82) is 0 Å². The Balaban J connectivity index is 2.36. The van der Waals surface area contributed by atoms with Gasteiger partial charge in [-0.3, -0.25) is 0 Å². The van der Waals surface area contributed by atoms with Gasteiger partial charge in [-0.05, 0) is 0 Å². The maximum atomic E-state index is 5.00. The van der Waals surface area contributed by atoms with Crippen LogP contribution in [0.4, 0.5) is 11.4 Å². The lowest BCUT2D eigenvalue weighted by atomic mass is 10.3. The number of ether oxygens (including phenoxy) is 1. The predicted octanol–water partition coefficient (Wildman–Crippen LogP) is 0.928. The fourth-order valence-corrected chi connectivity index (χ4v) is 1.23. The van der Waals surface area contributed by atoms with Crippen molar-refractivity contribution in [1.82, 2.24) is 4.98 Å². The highest BCUT2D eigenvalue weighted by molar-refractivity contribution is 5.70. The van der Waals surface area contributed by atoms with Crippen molar-refractivity contribution in [3.63, 3.8) is 0 Å². The Morgan fingerprint density at radius 3 is 2.83 bits per heavy atom. The summed E-state index contributed by atoms with van der Waals surface area (Å²) in [5, 5.41) is 6.49. The molecule has 2 rings (SSSR count). The highest BCUT2D eigenvalue weighted by Gasteiger charge is 2.08. The van der Waals surface area contributed by atoms with Crippen LogP contribution in [0, 0.1) is 0 Å². The number of nitrogens with one attached hydrogen (secondary N) is 2. The molecule has 0 aromatic carbocycles. The number of hydrogen-bond acceptors (Lipinski definition) is 4. The number of methoxy groups -OCH3 is 1. The number of fused-ring (bicyclic) bond motifs is 1. The smallest absolute Gasteiger partial charge is 0.215 e. The molecule has 0 aliphatic carbocycles. The fourth-order valence-electron chi connectivity index (χ4n) is 1.23. The van der Waals surface area contributed by atoms with Gasteiger partial charge >= 0.3 is 0 Å². The van der Waals surface area contributed by atoms with Crippen LogP contribution in [0.5, 0.6) is 5.88 Å². The molecule has 0 saturated carbocycles. The molecule has 0 atom stereocenters. The zero-order chi connectivity index (χ0) is 8.39. The third kappa shape index (κ3) is 1.15. The third-order valence-electron chi connectivity index (χ3n) is 1.84. The predicted molar refractivity (Wildman–Crippen MR) is 47.8 cm³/mol. The van der Waals surface area contributed by atoms with Gasteiger partial charge in [0.25, 0.3) is 0 Å². The standard InChI is InChI=1S/C8H11N3O/c1-12-8-4-6-7(5-11-8)10-3-2-9-6/h4-5,9-10H,2-3H2,1H3. The summed E-state index contributed by atoms with van der Waals surface area (Å²) >= 11 is 0. The van der Waals surface area contributed by atoms with Crippen molar-refractivity contribution < 1.29 is 4.74 Å². The second-order valence-corrected chi connectivity index (χ2v) is 2.63. The normalized spacial score (nSPS) is 14.1. The van der Waals surface area contributed by atoms with Crippen LogP contribution in [0.15, 0.2) is 12.3 Å². The Morgan fingerprint density at radius 2 is 2.08 bits per heavy atom. The van der Waals surface area contributed by atoms with Crippen LogP contribution >= 0.6 is 0 Å². The van der Waals surface area contributed by atoms with Crippen LogP contribution in [0.25, 0.3) is 0 Å². The SMILES string of the molecule is COc1cc2c(cn1)NCCN2. The summed E-state index contributed by atoms with van der Waals surface area (Å²) in [4.78, 5) is 4.09. The molecule has 0 unspecified atom stereocenters. The second kappa shape index (κ2) is 2.89. The van der Waals surface area contributed by atoms with Gasteiger partial charge in [-0.2, -0.15) is 0 Å². The van der Waals surface area contributed by atoms with Gasteiger partial charge in [0.1, 0.15) is 0 Å². The summed E-state index contributed by atoms with van der Waals surface area (Å²) < 4.78 is 5.00. The first-order valence-corrected chi connectivity index (χ1v) is 3.92. The second-order valence-electron chi connectivity index (χ2n) is 2.63. The van der Waals surface area contributed by atoms with E-state index in [1.54, 1.807) is 13.3 Å². The summed E-state index contributed by atoms with van der Waals surface area (Å²) in [6.45, 7) is 1.89. The van der Waals surface area contributed by atoms with Gasteiger partial charge in [-0.1, -0.05) is 0 Å². The zero-order valence-corrected chi connectivity index (χ0v) is 6.92. The van der Waals surface area contributed by atoms with E-state index in [0.717, 1.165) is 24.5 Å². The van der Waals surface area contributed by atoms with E-state index in [2.05, 4.69) is 15.6 Å². The molecule has 2 heterocycles. The van der Waals surface area contributed by atoms with Gasteiger partial charge in [0.05, 0.1) is 24.7 Å². The largest absolute Gasteiger partial charge is 0.481 e. The van der Waals surface area contributed by atoms with Crippen molar-refractivity contribution in [2.24, 2.45) is 0 Å². The monoisotopic (exact) mass is 165 g/mol. The number of hydrogen-bond donors (Lipinski definition) is 2. The minimum absolute atomic E-state index is 0.643. The van der Waals surface area contributed by atoms with Crippen LogP contribution in [0.3, 0.4) is 0 Å².